The fourth-order valence-electron chi connectivity index (χ4n) is 2.60. The number of anilines is 1. The maximum absolute atomic E-state index is 9.51. The van der Waals surface area contributed by atoms with Crippen LogP contribution in [0.3, 0.4) is 0 Å². The molecule has 0 saturated heterocycles. The average molecular weight is 289 g/mol. The predicted octanol–water partition coefficient (Wildman–Crippen LogP) is 3.43. The van der Waals surface area contributed by atoms with Crippen molar-refractivity contribution in [3.05, 3.63) is 46.9 Å². The van der Waals surface area contributed by atoms with Crippen LogP contribution in [0.4, 0.5) is 5.69 Å². The van der Waals surface area contributed by atoms with E-state index in [1.165, 1.54) is 0 Å². The Kier molecular flexibility index (Phi) is 4.25. The summed E-state index contributed by atoms with van der Waals surface area (Å²) in [5.74, 6) is 0. The van der Waals surface area contributed by atoms with Gasteiger partial charge in [0, 0.05) is 29.4 Å². The van der Waals surface area contributed by atoms with Gasteiger partial charge < -0.3 is 5.32 Å². The van der Waals surface area contributed by atoms with Crippen LogP contribution >= 0.6 is 0 Å². The molecule has 0 spiro atoms. The molecule has 0 aliphatic heterocycles. The molecule has 2 rings (SSSR count). The molecule has 0 aromatic carbocycles. The lowest BCUT2D eigenvalue weighted by Gasteiger charge is -2.33. The van der Waals surface area contributed by atoms with Crippen molar-refractivity contribution in [2.24, 2.45) is 5.41 Å². The Bertz CT molecular complexity index is 748. The van der Waals surface area contributed by atoms with Crippen molar-refractivity contribution in [3.63, 3.8) is 0 Å². The van der Waals surface area contributed by atoms with E-state index >= 15 is 0 Å². The molecule has 1 heterocycles. The van der Waals surface area contributed by atoms with Crippen LogP contribution in [-0.4, -0.2) is 4.98 Å². The van der Waals surface area contributed by atoms with E-state index in [2.05, 4.69) is 30.2 Å². The molecule has 0 fully saturated rings. The highest BCUT2D eigenvalue weighted by Gasteiger charge is 2.32. The van der Waals surface area contributed by atoms with Gasteiger partial charge in [-0.05, 0) is 30.4 Å². The summed E-state index contributed by atoms with van der Waals surface area (Å²) < 4.78 is 0. The zero-order valence-corrected chi connectivity index (χ0v) is 12.5. The van der Waals surface area contributed by atoms with Crippen molar-refractivity contribution in [2.45, 2.75) is 26.7 Å². The van der Waals surface area contributed by atoms with Crippen molar-refractivity contribution in [1.82, 2.24) is 4.98 Å². The molecular weight excluding hydrogens is 274 g/mol. The highest BCUT2D eigenvalue weighted by Crippen LogP contribution is 2.42. The number of nitrogens with one attached hydrogen (secondary N) is 1. The maximum atomic E-state index is 9.51. The number of hydrogen-bond acceptors (Lipinski definition) is 5. The first kappa shape index (κ1) is 15.3. The van der Waals surface area contributed by atoms with Gasteiger partial charge in [-0.3, -0.25) is 4.98 Å². The summed E-state index contributed by atoms with van der Waals surface area (Å²) in [4.78, 5) is 3.96. The van der Waals surface area contributed by atoms with E-state index < -0.39 is 0 Å². The maximum Gasteiger partial charge on any atom is 0.134 e. The number of nitriles is 3. The van der Waals surface area contributed by atoms with Crippen molar-refractivity contribution in [2.75, 3.05) is 5.32 Å². The molecule has 0 bridgehead atoms. The van der Waals surface area contributed by atoms with Crippen LogP contribution in [0.1, 0.15) is 26.7 Å². The van der Waals surface area contributed by atoms with Crippen LogP contribution in [0.15, 0.2) is 46.9 Å². The first-order valence-corrected chi connectivity index (χ1v) is 6.85. The van der Waals surface area contributed by atoms with E-state index in [1.54, 1.807) is 12.4 Å². The lowest BCUT2D eigenvalue weighted by Crippen LogP contribution is -2.24. The van der Waals surface area contributed by atoms with E-state index in [4.69, 9.17) is 10.5 Å². The molecule has 0 unspecified atom stereocenters. The Labute approximate surface area is 129 Å². The minimum Gasteiger partial charge on any atom is -0.358 e. The van der Waals surface area contributed by atoms with E-state index in [-0.39, 0.29) is 11.0 Å². The van der Waals surface area contributed by atoms with Crippen LogP contribution in [-0.2, 0) is 0 Å². The van der Waals surface area contributed by atoms with Crippen molar-refractivity contribution >= 4 is 5.69 Å². The smallest absolute Gasteiger partial charge is 0.134 e. The fraction of sp³-hybridized carbons (Fsp3) is 0.294. The topological polar surface area (TPSA) is 96.3 Å². The predicted molar refractivity (Wildman–Crippen MR) is 81.8 cm³/mol. The van der Waals surface area contributed by atoms with Crippen LogP contribution in [0, 0.1) is 39.4 Å². The molecule has 0 amide bonds. The quantitative estimate of drug-likeness (QED) is 0.841. The minimum atomic E-state index is -0.135. The van der Waals surface area contributed by atoms with Gasteiger partial charge in [0.05, 0.1) is 5.57 Å². The van der Waals surface area contributed by atoms with Gasteiger partial charge >= 0.3 is 0 Å². The molecule has 1 aliphatic carbocycles. The average Bonchev–Trinajstić information content (AvgIpc) is 2.48. The fourth-order valence-corrected chi connectivity index (χ4v) is 2.60. The molecule has 5 heteroatoms. The third-order valence-corrected chi connectivity index (χ3v) is 3.53. The zero-order chi connectivity index (χ0) is 16.2. The number of rotatable bonds is 2. The minimum absolute atomic E-state index is 0.0124. The first-order chi connectivity index (χ1) is 10.5. The third kappa shape index (κ3) is 3.14. The summed E-state index contributed by atoms with van der Waals surface area (Å²) in [7, 11) is 0. The van der Waals surface area contributed by atoms with Gasteiger partial charge in [-0.2, -0.15) is 15.8 Å². The number of hydrogen-bond donors (Lipinski definition) is 1. The summed E-state index contributed by atoms with van der Waals surface area (Å²) in [6.45, 7) is 4.11. The van der Waals surface area contributed by atoms with E-state index in [1.807, 2.05) is 24.3 Å². The summed E-state index contributed by atoms with van der Waals surface area (Å²) >= 11 is 0. The van der Waals surface area contributed by atoms with Crippen molar-refractivity contribution in [3.8, 4) is 18.2 Å². The molecule has 1 N–H and O–H groups in total. The summed E-state index contributed by atoms with van der Waals surface area (Å²) in [6.07, 6.45) is 4.53. The van der Waals surface area contributed by atoms with Gasteiger partial charge in [0.2, 0.25) is 0 Å². The molecule has 5 nitrogen and oxygen atoms in total. The molecular formula is C17H15N5. The van der Waals surface area contributed by atoms with Crippen LogP contribution in [0.2, 0.25) is 0 Å². The highest BCUT2D eigenvalue weighted by molar-refractivity contribution is 5.61. The van der Waals surface area contributed by atoms with Gasteiger partial charge in [-0.15, -0.1) is 0 Å². The standard InChI is InChI=1S/C17H15N5/c1-17(2)7-14(12(9-18)10-19)15(11-20)16(8-17)22-13-3-5-21-6-4-13/h3-6H,7-8H2,1-2H3,(H,21,22). The summed E-state index contributed by atoms with van der Waals surface area (Å²) in [6, 6.07) is 9.58. The van der Waals surface area contributed by atoms with E-state index in [9.17, 15) is 5.26 Å². The highest BCUT2D eigenvalue weighted by atomic mass is 14.9. The lowest BCUT2D eigenvalue weighted by molar-refractivity contribution is 0.349. The number of pyridine rings is 1. The Morgan fingerprint density at radius 2 is 1.77 bits per heavy atom. The third-order valence-electron chi connectivity index (χ3n) is 3.53. The molecule has 1 aromatic rings. The van der Waals surface area contributed by atoms with E-state index in [0.717, 1.165) is 11.4 Å². The molecule has 22 heavy (non-hydrogen) atoms. The number of nitrogens with zero attached hydrogens (tertiary/aromatic N) is 4. The zero-order valence-electron chi connectivity index (χ0n) is 12.5. The number of aromatic nitrogens is 1. The van der Waals surface area contributed by atoms with Crippen LogP contribution in [0.25, 0.3) is 0 Å². The Hall–Kier alpha value is -3.10. The van der Waals surface area contributed by atoms with Crippen molar-refractivity contribution in [1.29, 1.82) is 15.8 Å². The van der Waals surface area contributed by atoms with E-state index in [0.29, 0.717) is 24.0 Å². The second-order valence-electron chi connectivity index (χ2n) is 5.92. The van der Waals surface area contributed by atoms with Crippen LogP contribution in [0.5, 0.6) is 0 Å². The molecule has 1 aliphatic rings. The largest absolute Gasteiger partial charge is 0.358 e. The van der Waals surface area contributed by atoms with Gasteiger partial charge in [0.1, 0.15) is 23.8 Å². The first-order valence-electron chi connectivity index (χ1n) is 6.85. The van der Waals surface area contributed by atoms with Crippen LogP contribution < -0.4 is 5.32 Å². The molecule has 0 radical (unpaired) electrons. The Morgan fingerprint density at radius 3 is 2.32 bits per heavy atom. The Morgan fingerprint density at radius 1 is 1.14 bits per heavy atom. The number of allylic oxidation sites excluding steroid dienone is 4. The second kappa shape index (κ2) is 6.12. The van der Waals surface area contributed by atoms with Gasteiger partial charge in [-0.1, -0.05) is 13.8 Å². The lowest BCUT2D eigenvalue weighted by atomic mass is 9.73. The molecule has 0 saturated carbocycles. The Balaban J connectivity index is 2.57. The van der Waals surface area contributed by atoms with Gasteiger partial charge in [0.15, 0.2) is 0 Å². The summed E-state index contributed by atoms with van der Waals surface area (Å²) in [5, 5.41) is 31.0. The SMILES string of the molecule is CC1(C)CC(Nc2ccncc2)=C(C#N)C(=C(C#N)C#N)C1. The molecule has 0 atom stereocenters. The van der Waals surface area contributed by atoms with Gasteiger partial charge in [-0.25, -0.2) is 0 Å². The van der Waals surface area contributed by atoms with Gasteiger partial charge in [0.25, 0.3) is 0 Å². The summed E-state index contributed by atoms with van der Waals surface area (Å²) in [5.41, 5.74) is 2.37. The molecule has 1 aromatic heterocycles. The normalized spacial score (nSPS) is 16.2. The van der Waals surface area contributed by atoms with Crippen molar-refractivity contribution < 1.29 is 0 Å². The second-order valence-corrected chi connectivity index (χ2v) is 5.92. The monoisotopic (exact) mass is 289 g/mol. The molecule has 108 valence electrons.